The van der Waals surface area contributed by atoms with Gasteiger partial charge in [0.2, 0.25) is 11.7 Å². The zero-order valence-electron chi connectivity index (χ0n) is 22.3. The largest absolute Gasteiger partial charge is 0.490 e. The Labute approximate surface area is 238 Å². The third-order valence-corrected chi connectivity index (χ3v) is 7.20. The first-order chi connectivity index (χ1) is 19.3. The van der Waals surface area contributed by atoms with Crippen LogP contribution in [0.25, 0.3) is 0 Å². The minimum atomic E-state index is -0.791. The standard InChI is InChI=1S/C30H32ClN3O6/c1-39-28-18-25(15-16-26(28)34(37)38)40-20-29(35)33(19-22-11-13-23(31)14-12-22)27(17-21-7-3-2-4-8-21)30(36)32-24-9-5-6-10-24/h2-4,7-8,11-16,18,24,27H,5-6,9-10,17,19-20H2,1H3,(H,32,36). The molecule has 9 nitrogen and oxygen atoms in total. The van der Waals surface area contributed by atoms with E-state index >= 15 is 0 Å². The fourth-order valence-corrected chi connectivity index (χ4v) is 4.96. The van der Waals surface area contributed by atoms with E-state index in [2.05, 4.69) is 5.32 Å². The summed E-state index contributed by atoms with van der Waals surface area (Å²) in [4.78, 5) is 39.7. The van der Waals surface area contributed by atoms with E-state index in [0.717, 1.165) is 36.8 Å². The van der Waals surface area contributed by atoms with E-state index in [9.17, 15) is 19.7 Å². The summed E-state index contributed by atoms with van der Waals surface area (Å²) in [5.74, 6) is -0.368. The van der Waals surface area contributed by atoms with Crippen molar-refractivity contribution in [1.29, 1.82) is 0 Å². The Balaban J connectivity index is 1.61. The van der Waals surface area contributed by atoms with Crippen LogP contribution in [0.4, 0.5) is 5.69 Å². The molecule has 2 amide bonds. The van der Waals surface area contributed by atoms with Crippen LogP contribution in [0.2, 0.25) is 5.02 Å². The van der Waals surface area contributed by atoms with Gasteiger partial charge in [0.05, 0.1) is 12.0 Å². The maximum absolute atomic E-state index is 13.7. The molecule has 210 valence electrons. The number of ether oxygens (including phenoxy) is 2. The van der Waals surface area contributed by atoms with Crippen LogP contribution in [-0.4, -0.2) is 47.4 Å². The molecule has 0 bridgehead atoms. The van der Waals surface area contributed by atoms with Crippen molar-refractivity contribution < 1.29 is 24.0 Å². The molecule has 1 fully saturated rings. The Hall–Kier alpha value is -4.11. The van der Waals surface area contributed by atoms with Crippen molar-refractivity contribution in [2.24, 2.45) is 0 Å². The van der Waals surface area contributed by atoms with Crippen molar-refractivity contribution in [2.45, 2.75) is 50.7 Å². The van der Waals surface area contributed by atoms with Crippen LogP contribution in [0.1, 0.15) is 36.8 Å². The molecule has 0 aromatic heterocycles. The molecule has 0 radical (unpaired) electrons. The Morgan fingerprint density at radius 3 is 2.40 bits per heavy atom. The normalized spacial score (nSPS) is 13.8. The Morgan fingerprint density at radius 1 is 1.05 bits per heavy atom. The number of carbonyl (C=O) groups excluding carboxylic acids is 2. The Morgan fingerprint density at radius 2 is 1.75 bits per heavy atom. The van der Waals surface area contributed by atoms with Crippen LogP contribution >= 0.6 is 11.6 Å². The highest BCUT2D eigenvalue weighted by Gasteiger charge is 2.32. The van der Waals surface area contributed by atoms with E-state index < -0.39 is 16.9 Å². The van der Waals surface area contributed by atoms with Crippen molar-refractivity contribution in [1.82, 2.24) is 10.2 Å². The maximum atomic E-state index is 13.7. The van der Waals surface area contributed by atoms with E-state index in [-0.39, 0.29) is 42.3 Å². The van der Waals surface area contributed by atoms with Crippen LogP contribution in [0.5, 0.6) is 11.5 Å². The summed E-state index contributed by atoms with van der Waals surface area (Å²) in [6.45, 7) is -0.213. The van der Waals surface area contributed by atoms with Gasteiger partial charge < -0.3 is 19.7 Å². The van der Waals surface area contributed by atoms with Crippen LogP contribution < -0.4 is 14.8 Å². The van der Waals surface area contributed by atoms with Crippen molar-refractivity contribution in [3.05, 3.63) is 99.1 Å². The molecule has 1 aliphatic rings. The second-order valence-electron chi connectivity index (χ2n) is 9.72. The van der Waals surface area contributed by atoms with Crippen molar-refractivity contribution in [3.8, 4) is 11.5 Å². The van der Waals surface area contributed by atoms with E-state index in [4.69, 9.17) is 21.1 Å². The summed E-state index contributed by atoms with van der Waals surface area (Å²) in [5.41, 5.74) is 1.52. The molecule has 0 spiro atoms. The molecule has 10 heteroatoms. The second-order valence-corrected chi connectivity index (χ2v) is 10.2. The van der Waals surface area contributed by atoms with Crippen LogP contribution in [0.3, 0.4) is 0 Å². The van der Waals surface area contributed by atoms with Crippen molar-refractivity contribution in [2.75, 3.05) is 13.7 Å². The van der Waals surface area contributed by atoms with E-state index in [1.54, 1.807) is 12.1 Å². The number of nitro benzene ring substituents is 1. The predicted octanol–water partition coefficient (Wildman–Crippen LogP) is 5.33. The fraction of sp³-hybridized carbons (Fsp3) is 0.333. The summed E-state index contributed by atoms with van der Waals surface area (Å²) in [6.07, 6.45) is 4.28. The number of carbonyl (C=O) groups is 2. The molecule has 1 unspecified atom stereocenters. The Kier molecular flexibility index (Phi) is 9.96. The first kappa shape index (κ1) is 28.9. The number of nitrogens with zero attached hydrogens (tertiary/aromatic N) is 2. The number of benzene rings is 3. The zero-order chi connectivity index (χ0) is 28.5. The van der Waals surface area contributed by atoms with E-state index in [0.29, 0.717) is 11.4 Å². The predicted molar refractivity (Wildman–Crippen MR) is 151 cm³/mol. The van der Waals surface area contributed by atoms with Gasteiger partial charge in [0.1, 0.15) is 11.8 Å². The molecular weight excluding hydrogens is 534 g/mol. The molecule has 40 heavy (non-hydrogen) atoms. The lowest BCUT2D eigenvalue weighted by molar-refractivity contribution is -0.385. The van der Waals surface area contributed by atoms with Gasteiger partial charge in [-0.05, 0) is 42.2 Å². The highest BCUT2D eigenvalue weighted by Crippen LogP contribution is 2.31. The fourth-order valence-electron chi connectivity index (χ4n) is 4.83. The van der Waals surface area contributed by atoms with Gasteiger partial charge in [-0.1, -0.05) is 66.9 Å². The summed E-state index contributed by atoms with van der Waals surface area (Å²) in [5, 5.41) is 15.0. The van der Waals surface area contributed by atoms with Gasteiger partial charge in [0.15, 0.2) is 6.61 Å². The van der Waals surface area contributed by atoms with Gasteiger partial charge >= 0.3 is 5.69 Å². The highest BCUT2D eigenvalue weighted by atomic mass is 35.5. The van der Waals surface area contributed by atoms with Crippen molar-refractivity contribution in [3.63, 3.8) is 0 Å². The number of rotatable bonds is 12. The topological polar surface area (TPSA) is 111 Å². The summed E-state index contributed by atoms with van der Waals surface area (Å²) in [7, 11) is 1.32. The first-order valence-electron chi connectivity index (χ1n) is 13.2. The molecule has 1 N–H and O–H groups in total. The zero-order valence-corrected chi connectivity index (χ0v) is 23.0. The monoisotopic (exact) mass is 565 g/mol. The van der Waals surface area contributed by atoms with Gasteiger partial charge in [0.25, 0.3) is 5.91 Å². The number of nitro groups is 1. The quantitative estimate of drug-likeness (QED) is 0.234. The van der Waals surface area contributed by atoms with Gasteiger partial charge in [-0.15, -0.1) is 0 Å². The highest BCUT2D eigenvalue weighted by molar-refractivity contribution is 6.30. The van der Waals surface area contributed by atoms with Crippen molar-refractivity contribution >= 4 is 29.1 Å². The number of amides is 2. The molecule has 3 aromatic carbocycles. The molecule has 0 saturated heterocycles. The summed E-state index contributed by atoms with van der Waals surface area (Å²) < 4.78 is 10.9. The van der Waals surface area contributed by atoms with E-state index in [1.807, 2.05) is 42.5 Å². The average molecular weight is 566 g/mol. The number of hydrogen-bond donors (Lipinski definition) is 1. The lowest BCUT2D eigenvalue weighted by Gasteiger charge is -2.32. The van der Waals surface area contributed by atoms with Crippen LogP contribution in [-0.2, 0) is 22.6 Å². The third kappa shape index (κ3) is 7.72. The molecule has 1 atom stereocenters. The van der Waals surface area contributed by atoms with Crippen LogP contribution in [0, 0.1) is 10.1 Å². The molecule has 3 aromatic rings. The molecule has 4 rings (SSSR count). The molecule has 1 saturated carbocycles. The SMILES string of the molecule is COc1cc(OCC(=O)N(Cc2ccc(Cl)cc2)C(Cc2ccccc2)C(=O)NC2CCCC2)ccc1[N+](=O)[O-]. The van der Waals surface area contributed by atoms with Gasteiger partial charge in [0, 0.05) is 36.2 Å². The van der Waals surface area contributed by atoms with E-state index in [1.165, 1.54) is 30.2 Å². The van der Waals surface area contributed by atoms with Gasteiger partial charge in [-0.3, -0.25) is 19.7 Å². The first-order valence-corrected chi connectivity index (χ1v) is 13.5. The lowest BCUT2D eigenvalue weighted by Crippen LogP contribution is -2.53. The molecule has 0 aliphatic heterocycles. The second kappa shape index (κ2) is 13.8. The third-order valence-electron chi connectivity index (χ3n) is 6.95. The molecular formula is C30H32ClN3O6. The smallest absolute Gasteiger partial charge is 0.311 e. The van der Waals surface area contributed by atoms with Gasteiger partial charge in [-0.25, -0.2) is 0 Å². The number of nitrogens with one attached hydrogen (secondary N) is 1. The summed E-state index contributed by atoms with van der Waals surface area (Å²) in [6, 6.07) is 20.0. The molecule has 0 heterocycles. The molecule has 1 aliphatic carbocycles. The average Bonchev–Trinajstić information content (AvgIpc) is 3.47. The number of methoxy groups -OCH3 is 1. The number of halogens is 1. The minimum Gasteiger partial charge on any atom is -0.490 e. The number of hydrogen-bond acceptors (Lipinski definition) is 6. The lowest BCUT2D eigenvalue weighted by atomic mass is 10.0. The summed E-state index contributed by atoms with van der Waals surface area (Å²) >= 11 is 6.08. The maximum Gasteiger partial charge on any atom is 0.311 e. The minimum absolute atomic E-state index is 0.0193. The Bertz CT molecular complexity index is 1310. The van der Waals surface area contributed by atoms with Gasteiger partial charge in [-0.2, -0.15) is 0 Å². The van der Waals surface area contributed by atoms with Crippen LogP contribution in [0.15, 0.2) is 72.8 Å².